The van der Waals surface area contributed by atoms with Gasteiger partial charge in [0.2, 0.25) is 0 Å². The fourth-order valence-electron chi connectivity index (χ4n) is 2.42. The summed E-state index contributed by atoms with van der Waals surface area (Å²) < 4.78 is 1.10. The molecule has 0 unspecified atom stereocenters. The molecule has 0 saturated heterocycles. The molecule has 0 aliphatic heterocycles. The predicted molar refractivity (Wildman–Crippen MR) is 81.7 cm³/mol. The minimum atomic E-state index is 0.0569. The van der Waals surface area contributed by atoms with Crippen LogP contribution < -0.4 is 10.6 Å². The molecule has 0 radical (unpaired) electrons. The molecule has 1 amide bonds. The van der Waals surface area contributed by atoms with E-state index < -0.39 is 0 Å². The maximum atomic E-state index is 12.1. The highest BCUT2D eigenvalue weighted by Crippen LogP contribution is 2.19. The van der Waals surface area contributed by atoms with E-state index in [1.165, 1.54) is 0 Å². The van der Waals surface area contributed by atoms with E-state index in [1.807, 2.05) is 31.3 Å². The number of amides is 1. The Balaban J connectivity index is 1.89. The topological polar surface area (TPSA) is 41.1 Å². The van der Waals surface area contributed by atoms with E-state index in [0.717, 1.165) is 34.8 Å². The second kappa shape index (κ2) is 6.52. The first-order valence-electron chi connectivity index (χ1n) is 6.42. The lowest BCUT2D eigenvalue weighted by molar-refractivity contribution is 0.0924. The minimum Gasteiger partial charge on any atom is -0.349 e. The number of carbonyl (C=O) groups is 1. The molecule has 1 fully saturated rings. The van der Waals surface area contributed by atoms with Gasteiger partial charge in [-0.1, -0.05) is 6.07 Å². The lowest BCUT2D eigenvalue weighted by Gasteiger charge is -2.28. The van der Waals surface area contributed by atoms with Gasteiger partial charge in [-0.05, 0) is 73.5 Å². The summed E-state index contributed by atoms with van der Waals surface area (Å²) in [6, 6.07) is 8.67. The molecule has 18 heavy (non-hydrogen) atoms. The summed E-state index contributed by atoms with van der Waals surface area (Å²) in [5, 5.41) is 6.44. The maximum absolute atomic E-state index is 12.1. The van der Waals surface area contributed by atoms with Gasteiger partial charge in [0.05, 0.1) is 0 Å². The molecular formula is C14H19IN2O. The van der Waals surface area contributed by atoms with E-state index in [4.69, 9.17) is 0 Å². The van der Waals surface area contributed by atoms with Crippen LogP contribution in [0.15, 0.2) is 24.3 Å². The highest BCUT2D eigenvalue weighted by molar-refractivity contribution is 14.1. The van der Waals surface area contributed by atoms with E-state index in [-0.39, 0.29) is 5.91 Å². The van der Waals surface area contributed by atoms with E-state index in [9.17, 15) is 4.79 Å². The molecule has 3 nitrogen and oxygen atoms in total. The summed E-state index contributed by atoms with van der Waals surface area (Å²) in [4.78, 5) is 12.1. The van der Waals surface area contributed by atoms with Gasteiger partial charge in [-0.15, -0.1) is 0 Å². The molecule has 1 saturated carbocycles. The van der Waals surface area contributed by atoms with Crippen LogP contribution in [0.5, 0.6) is 0 Å². The van der Waals surface area contributed by atoms with Crippen molar-refractivity contribution in [2.24, 2.45) is 0 Å². The van der Waals surface area contributed by atoms with E-state index in [2.05, 4.69) is 33.2 Å². The van der Waals surface area contributed by atoms with Crippen LogP contribution >= 0.6 is 22.6 Å². The Bertz CT molecular complexity index is 414. The van der Waals surface area contributed by atoms with E-state index in [1.54, 1.807) is 0 Å². The van der Waals surface area contributed by atoms with Gasteiger partial charge in [0.15, 0.2) is 0 Å². The van der Waals surface area contributed by atoms with Crippen molar-refractivity contribution in [2.45, 2.75) is 37.8 Å². The molecule has 1 aliphatic rings. The van der Waals surface area contributed by atoms with Crippen molar-refractivity contribution >= 4 is 28.5 Å². The predicted octanol–water partition coefficient (Wildman–Crippen LogP) is 2.55. The van der Waals surface area contributed by atoms with Gasteiger partial charge < -0.3 is 10.6 Å². The Morgan fingerprint density at radius 1 is 1.22 bits per heavy atom. The van der Waals surface area contributed by atoms with Crippen LogP contribution in [0.3, 0.4) is 0 Å². The second-order valence-corrected chi connectivity index (χ2v) is 6.07. The molecule has 0 atom stereocenters. The molecule has 0 spiro atoms. The first-order valence-corrected chi connectivity index (χ1v) is 7.50. The van der Waals surface area contributed by atoms with Gasteiger partial charge in [0.25, 0.3) is 5.91 Å². The summed E-state index contributed by atoms with van der Waals surface area (Å²) in [6.45, 7) is 0. The van der Waals surface area contributed by atoms with Crippen LogP contribution in [0.1, 0.15) is 36.0 Å². The quantitative estimate of drug-likeness (QED) is 0.816. The summed E-state index contributed by atoms with van der Waals surface area (Å²) in [5.74, 6) is 0.0569. The molecule has 98 valence electrons. The lowest BCUT2D eigenvalue weighted by Crippen LogP contribution is -2.41. The standard InChI is InChI=1S/C14H19IN2O/c1-16-12-5-7-13(8-6-12)17-14(18)10-3-2-4-11(15)9-10/h2-4,9,12-13,16H,5-8H2,1H3,(H,17,18). The fourth-order valence-corrected chi connectivity index (χ4v) is 2.97. The minimum absolute atomic E-state index is 0.0569. The SMILES string of the molecule is CNC1CCC(NC(=O)c2cccc(I)c2)CC1. The maximum Gasteiger partial charge on any atom is 0.251 e. The molecule has 1 aliphatic carbocycles. The van der Waals surface area contributed by atoms with Crippen LogP contribution in [-0.4, -0.2) is 25.0 Å². The molecule has 2 rings (SSSR count). The van der Waals surface area contributed by atoms with Crippen molar-refractivity contribution in [3.63, 3.8) is 0 Å². The van der Waals surface area contributed by atoms with E-state index in [0.29, 0.717) is 12.1 Å². The van der Waals surface area contributed by atoms with Crippen LogP contribution in [0, 0.1) is 3.57 Å². The fraction of sp³-hybridized carbons (Fsp3) is 0.500. The Morgan fingerprint density at radius 3 is 2.50 bits per heavy atom. The Hall–Kier alpha value is -0.620. The Morgan fingerprint density at radius 2 is 1.89 bits per heavy atom. The van der Waals surface area contributed by atoms with Gasteiger partial charge in [0.1, 0.15) is 0 Å². The lowest BCUT2D eigenvalue weighted by atomic mass is 9.91. The zero-order chi connectivity index (χ0) is 13.0. The van der Waals surface area contributed by atoms with Crippen molar-refractivity contribution in [2.75, 3.05) is 7.05 Å². The largest absolute Gasteiger partial charge is 0.349 e. The van der Waals surface area contributed by atoms with Gasteiger partial charge in [0, 0.05) is 21.2 Å². The molecule has 1 aromatic carbocycles. The average Bonchev–Trinajstić information content (AvgIpc) is 2.39. The highest BCUT2D eigenvalue weighted by Gasteiger charge is 2.21. The monoisotopic (exact) mass is 358 g/mol. The number of hydrogen-bond donors (Lipinski definition) is 2. The molecule has 4 heteroatoms. The number of carbonyl (C=O) groups excluding carboxylic acids is 1. The highest BCUT2D eigenvalue weighted by atomic mass is 127. The zero-order valence-corrected chi connectivity index (χ0v) is 12.7. The summed E-state index contributed by atoms with van der Waals surface area (Å²) in [6.07, 6.45) is 4.43. The molecule has 1 aromatic rings. The van der Waals surface area contributed by atoms with Crippen molar-refractivity contribution in [1.82, 2.24) is 10.6 Å². The third-order valence-corrected chi connectivity index (χ3v) is 4.23. The average molecular weight is 358 g/mol. The van der Waals surface area contributed by atoms with Crippen LogP contribution in [-0.2, 0) is 0 Å². The Labute approximate surface area is 122 Å². The third-order valence-electron chi connectivity index (χ3n) is 3.56. The van der Waals surface area contributed by atoms with E-state index >= 15 is 0 Å². The summed E-state index contributed by atoms with van der Waals surface area (Å²) in [7, 11) is 2.01. The third kappa shape index (κ3) is 3.68. The van der Waals surface area contributed by atoms with Crippen LogP contribution in [0.2, 0.25) is 0 Å². The number of halogens is 1. The van der Waals surface area contributed by atoms with Crippen LogP contribution in [0.25, 0.3) is 0 Å². The van der Waals surface area contributed by atoms with Crippen molar-refractivity contribution in [1.29, 1.82) is 0 Å². The first-order chi connectivity index (χ1) is 8.69. The molecular weight excluding hydrogens is 339 g/mol. The smallest absolute Gasteiger partial charge is 0.251 e. The van der Waals surface area contributed by atoms with Crippen molar-refractivity contribution < 1.29 is 4.79 Å². The number of hydrogen-bond acceptors (Lipinski definition) is 2. The Kier molecular flexibility index (Phi) is 5.00. The van der Waals surface area contributed by atoms with Crippen molar-refractivity contribution in [3.8, 4) is 0 Å². The molecule has 0 aromatic heterocycles. The number of rotatable bonds is 3. The first kappa shape index (κ1) is 13.8. The van der Waals surface area contributed by atoms with Crippen LogP contribution in [0.4, 0.5) is 0 Å². The normalized spacial score (nSPS) is 23.7. The summed E-state index contributed by atoms with van der Waals surface area (Å²) >= 11 is 2.23. The molecule has 0 bridgehead atoms. The summed E-state index contributed by atoms with van der Waals surface area (Å²) in [5.41, 5.74) is 0.762. The van der Waals surface area contributed by atoms with Gasteiger partial charge in [-0.2, -0.15) is 0 Å². The van der Waals surface area contributed by atoms with Crippen molar-refractivity contribution in [3.05, 3.63) is 33.4 Å². The second-order valence-electron chi connectivity index (χ2n) is 4.82. The van der Waals surface area contributed by atoms with Gasteiger partial charge >= 0.3 is 0 Å². The van der Waals surface area contributed by atoms with Gasteiger partial charge in [-0.3, -0.25) is 4.79 Å². The molecule has 2 N–H and O–H groups in total. The van der Waals surface area contributed by atoms with Gasteiger partial charge in [-0.25, -0.2) is 0 Å². The zero-order valence-electron chi connectivity index (χ0n) is 10.6. The number of benzene rings is 1. The number of nitrogens with one attached hydrogen (secondary N) is 2. The molecule has 0 heterocycles.